The summed E-state index contributed by atoms with van der Waals surface area (Å²) in [4.78, 5) is 27.1. The number of rotatable bonds is 5. The smallest absolute Gasteiger partial charge is 0.317 e. The van der Waals surface area contributed by atoms with E-state index in [9.17, 15) is 9.59 Å². The fraction of sp³-hybridized carbons (Fsp3) is 0.857. The number of nitrogens with one attached hydrogen (secondary N) is 2. The fourth-order valence-electron chi connectivity index (χ4n) is 3.04. The second-order valence-corrected chi connectivity index (χ2v) is 5.76. The molecule has 0 radical (unpaired) electrons. The molecule has 2 amide bonds. The van der Waals surface area contributed by atoms with Crippen LogP contribution in [0.2, 0.25) is 0 Å². The van der Waals surface area contributed by atoms with E-state index in [1.165, 1.54) is 0 Å². The molecule has 1 atom stereocenters. The fourth-order valence-corrected chi connectivity index (χ4v) is 3.04. The molecule has 7 nitrogen and oxygen atoms in total. The van der Waals surface area contributed by atoms with Crippen molar-refractivity contribution >= 4 is 12.0 Å². The molecular weight excluding hydrogens is 272 g/mol. The van der Waals surface area contributed by atoms with Gasteiger partial charge in [-0.05, 0) is 19.3 Å². The Kier molecular flexibility index (Phi) is 6.25. The first-order valence-electron chi connectivity index (χ1n) is 7.86. The zero-order valence-electron chi connectivity index (χ0n) is 12.5. The molecule has 2 saturated heterocycles. The molecule has 2 heterocycles. The maximum absolute atomic E-state index is 12.2. The van der Waals surface area contributed by atoms with Crippen molar-refractivity contribution in [2.45, 2.75) is 31.7 Å². The number of aliphatic carboxylic acids is 1. The van der Waals surface area contributed by atoms with Crippen LogP contribution < -0.4 is 10.6 Å². The first-order chi connectivity index (χ1) is 10.2. The van der Waals surface area contributed by atoms with Crippen molar-refractivity contribution < 1.29 is 14.7 Å². The number of urea groups is 1. The van der Waals surface area contributed by atoms with E-state index in [0.717, 1.165) is 52.0 Å². The van der Waals surface area contributed by atoms with Crippen LogP contribution in [-0.4, -0.2) is 78.8 Å². The first kappa shape index (κ1) is 16.0. The van der Waals surface area contributed by atoms with Crippen LogP contribution in [0.25, 0.3) is 0 Å². The quantitative estimate of drug-likeness (QED) is 0.662. The van der Waals surface area contributed by atoms with Crippen molar-refractivity contribution in [2.24, 2.45) is 0 Å². The average molecular weight is 298 g/mol. The molecule has 120 valence electrons. The molecule has 7 heteroatoms. The Morgan fingerprint density at radius 2 is 1.95 bits per heavy atom. The zero-order chi connectivity index (χ0) is 15.1. The lowest BCUT2D eigenvalue weighted by Crippen LogP contribution is -2.51. The van der Waals surface area contributed by atoms with E-state index in [2.05, 4.69) is 15.5 Å². The van der Waals surface area contributed by atoms with Gasteiger partial charge in [0, 0.05) is 51.9 Å². The first-order valence-corrected chi connectivity index (χ1v) is 7.86. The number of carboxylic acids is 1. The van der Waals surface area contributed by atoms with Gasteiger partial charge in [0.05, 0.1) is 6.42 Å². The van der Waals surface area contributed by atoms with Crippen molar-refractivity contribution in [3.63, 3.8) is 0 Å². The van der Waals surface area contributed by atoms with E-state index in [-0.39, 0.29) is 18.5 Å². The number of carbonyl (C=O) groups excluding carboxylic acids is 1. The lowest BCUT2D eigenvalue weighted by Gasteiger charge is -2.35. The number of carboxylic acid groups (broad SMARTS) is 1. The number of piperazine rings is 1. The molecule has 0 spiro atoms. The van der Waals surface area contributed by atoms with Crippen molar-refractivity contribution in [2.75, 3.05) is 45.8 Å². The summed E-state index contributed by atoms with van der Waals surface area (Å²) >= 11 is 0. The molecule has 0 aromatic rings. The third-order valence-corrected chi connectivity index (χ3v) is 4.21. The normalized spacial score (nSPS) is 23.8. The summed E-state index contributed by atoms with van der Waals surface area (Å²) in [5.74, 6) is -0.833. The molecule has 0 bridgehead atoms. The van der Waals surface area contributed by atoms with Crippen molar-refractivity contribution in [3.05, 3.63) is 0 Å². The van der Waals surface area contributed by atoms with E-state index in [4.69, 9.17) is 5.11 Å². The third-order valence-electron chi connectivity index (χ3n) is 4.21. The monoisotopic (exact) mass is 298 g/mol. The van der Waals surface area contributed by atoms with Crippen LogP contribution in [-0.2, 0) is 4.79 Å². The van der Waals surface area contributed by atoms with E-state index in [1.807, 2.05) is 0 Å². The molecule has 2 rings (SSSR count). The Morgan fingerprint density at radius 3 is 2.67 bits per heavy atom. The highest BCUT2D eigenvalue weighted by Gasteiger charge is 2.28. The summed E-state index contributed by atoms with van der Waals surface area (Å²) in [7, 11) is 0. The summed E-state index contributed by atoms with van der Waals surface area (Å²) in [5, 5.41) is 15.2. The molecule has 3 N–H and O–H groups in total. The Bertz CT molecular complexity index is 358. The predicted molar refractivity (Wildman–Crippen MR) is 79.3 cm³/mol. The maximum atomic E-state index is 12.2. The van der Waals surface area contributed by atoms with E-state index in [0.29, 0.717) is 13.1 Å². The summed E-state index contributed by atoms with van der Waals surface area (Å²) in [5.41, 5.74) is 0. The van der Waals surface area contributed by atoms with Gasteiger partial charge < -0.3 is 20.6 Å². The van der Waals surface area contributed by atoms with Gasteiger partial charge >= 0.3 is 12.0 Å². The highest BCUT2D eigenvalue weighted by atomic mass is 16.4. The molecule has 2 fully saturated rings. The number of carbonyl (C=O) groups is 2. The van der Waals surface area contributed by atoms with Crippen LogP contribution in [0.1, 0.15) is 25.7 Å². The van der Waals surface area contributed by atoms with Gasteiger partial charge in [-0.15, -0.1) is 0 Å². The van der Waals surface area contributed by atoms with Gasteiger partial charge in [-0.3, -0.25) is 9.69 Å². The minimum absolute atomic E-state index is 0.0468. The number of piperidine rings is 1. The minimum Gasteiger partial charge on any atom is -0.481 e. The van der Waals surface area contributed by atoms with Gasteiger partial charge in [-0.2, -0.15) is 0 Å². The standard InChI is InChI=1S/C14H26N4O3/c19-13(20)11-12-3-1-2-7-18(12)14(21)16-6-10-17-8-4-15-5-9-17/h12,15H,1-11H2,(H,16,21)(H,19,20). The van der Waals surface area contributed by atoms with Crippen LogP contribution in [0.3, 0.4) is 0 Å². The summed E-state index contributed by atoms with van der Waals surface area (Å²) < 4.78 is 0. The van der Waals surface area contributed by atoms with Crippen molar-refractivity contribution in [1.29, 1.82) is 0 Å². The van der Waals surface area contributed by atoms with Gasteiger partial charge in [-0.25, -0.2) is 4.79 Å². The van der Waals surface area contributed by atoms with Gasteiger partial charge in [0.1, 0.15) is 0 Å². The number of nitrogens with zero attached hydrogens (tertiary/aromatic N) is 2. The second kappa shape index (κ2) is 8.19. The Morgan fingerprint density at radius 1 is 1.19 bits per heavy atom. The minimum atomic E-state index is -0.833. The Labute approximate surface area is 125 Å². The Balaban J connectivity index is 1.73. The van der Waals surface area contributed by atoms with Crippen molar-refractivity contribution in [3.8, 4) is 0 Å². The average Bonchev–Trinajstić information content (AvgIpc) is 2.48. The number of amides is 2. The molecule has 0 saturated carbocycles. The van der Waals surface area contributed by atoms with Gasteiger partial charge in [0.15, 0.2) is 0 Å². The van der Waals surface area contributed by atoms with E-state index in [1.54, 1.807) is 4.90 Å². The molecule has 21 heavy (non-hydrogen) atoms. The molecule has 0 aliphatic carbocycles. The topological polar surface area (TPSA) is 84.9 Å². The zero-order valence-corrected chi connectivity index (χ0v) is 12.5. The SMILES string of the molecule is O=C(O)CC1CCCCN1C(=O)NCCN1CCNCC1. The van der Waals surface area contributed by atoms with Crippen LogP contribution in [0.5, 0.6) is 0 Å². The Hall–Kier alpha value is -1.34. The van der Waals surface area contributed by atoms with Crippen LogP contribution in [0.15, 0.2) is 0 Å². The highest BCUT2D eigenvalue weighted by molar-refractivity contribution is 5.76. The van der Waals surface area contributed by atoms with Crippen molar-refractivity contribution in [1.82, 2.24) is 20.4 Å². The largest absolute Gasteiger partial charge is 0.481 e. The lowest BCUT2D eigenvalue weighted by molar-refractivity contribution is -0.138. The summed E-state index contributed by atoms with van der Waals surface area (Å²) in [6.45, 7) is 6.17. The molecule has 0 aromatic carbocycles. The van der Waals surface area contributed by atoms with Crippen LogP contribution >= 0.6 is 0 Å². The number of hydrogen-bond donors (Lipinski definition) is 3. The maximum Gasteiger partial charge on any atom is 0.317 e. The van der Waals surface area contributed by atoms with Crippen LogP contribution in [0, 0.1) is 0 Å². The van der Waals surface area contributed by atoms with Gasteiger partial charge in [0.25, 0.3) is 0 Å². The number of likely N-dealkylation sites (tertiary alicyclic amines) is 1. The predicted octanol–water partition coefficient (Wildman–Crippen LogP) is -0.0696. The van der Waals surface area contributed by atoms with Gasteiger partial charge in [-0.1, -0.05) is 0 Å². The second-order valence-electron chi connectivity index (χ2n) is 5.76. The molecular formula is C14H26N4O3. The lowest BCUT2D eigenvalue weighted by atomic mass is 10.00. The summed E-state index contributed by atoms with van der Waals surface area (Å²) in [6.07, 6.45) is 2.80. The molecule has 2 aliphatic heterocycles. The molecule has 2 aliphatic rings. The van der Waals surface area contributed by atoms with Crippen LogP contribution in [0.4, 0.5) is 4.79 Å². The molecule has 1 unspecified atom stereocenters. The highest BCUT2D eigenvalue weighted by Crippen LogP contribution is 2.19. The van der Waals surface area contributed by atoms with E-state index >= 15 is 0 Å². The van der Waals surface area contributed by atoms with E-state index < -0.39 is 5.97 Å². The number of hydrogen-bond acceptors (Lipinski definition) is 4. The third kappa shape index (κ3) is 5.17. The van der Waals surface area contributed by atoms with Gasteiger partial charge in [0.2, 0.25) is 0 Å². The molecule has 0 aromatic heterocycles. The summed E-state index contributed by atoms with van der Waals surface area (Å²) in [6, 6.07) is -0.272.